The van der Waals surface area contributed by atoms with E-state index in [9.17, 15) is 0 Å². The van der Waals surface area contributed by atoms with Crippen molar-refractivity contribution in [3.8, 4) is 0 Å². The summed E-state index contributed by atoms with van der Waals surface area (Å²) in [5, 5.41) is 0. The summed E-state index contributed by atoms with van der Waals surface area (Å²) >= 11 is 5.95. The summed E-state index contributed by atoms with van der Waals surface area (Å²) in [6, 6.07) is 0. The van der Waals surface area contributed by atoms with Crippen LogP contribution in [0, 0.1) is 17.3 Å². The molecule has 1 atom stereocenters. The maximum absolute atomic E-state index is 5.95. The average molecular weight is 177 g/mol. The Morgan fingerprint density at radius 1 is 1.18 bits per heavy atom. The average Bonchev–Trinajstić information content (AvgIpc) is 1.86. The monoisotopic (exact) mass is 176 g/mol. The Bertz CT molecular complexity index is 107. The van der Waals surface area contributed by atoms with Gasteiger partial charge >= 0.3 is 0 Å². The van der Waals surface area contributed by atoms with Crippen LogP contribution < -0.4 is 0 Å². The fourth-order valence-electron chi connectivity index (χ4n) is 1.38. The van der Waals surface area contributed by atoms with Crippen LogP contribution in [0.5, 0.6) is 0 Å². The molecule has 0 amide bonds. The highest BCUT2D eigenvalue weighted by molar-refractivity contribution is 6.18. The van der Waals surface area contributed by atoms with Crippen molar-refractivity contribution in [3.63, 3.8) is 0 Å². The molecule has 0 N–H and O–H groups in total. The van der Waals surface area contributed by atoms with Gasteiger partial charge in [-0.15, -0.1) is 11.6 Å². The van der Waals surface area contributed by atoms with E-state index in [1.807, 2.05) is 0 Å². The van der Waals surface area contributed by atoms with E-state index in [1.165, 1.54) is 6.42 Å². The van der Waals surface area contributed by atoms with Gasteiger partial charge in [-0.1, -0.05) is 34.6 Å². The fourth-order valence-corrected chi connectivity index (χ4v) is 1.79. The number of rotatable bonds is 4. The first kappa shape index (κ1) is 11.3. The Morgan fingerprint density at radius 3 is 1.73 bits per heavy atom. The Hall–Kier alpha value is 0.290. The summed E-state index contributed by atoms with van der Waals surface area (Å²) < 4.78 is 0. The largest absolute Gasteiger partial charge is 0.126 e. The summed E-state index contributed by atoms with van der Waals surface area (Å²) in [5.41, 5.74) is 0.329. The first-order valence-electron chi connectivity index (χ1n) is 4.48. The molecule has 0 saturated heterocycles. The molecular formula is C10H21Cl. The highest BCUT2D eigenvalue weighted by atomic mass is 35.5. The van der Waals surface area contributed by atoms with E-state index in [-0.39, 0.29) is 0 Å². The third-order valence-electron chi connectivity index (χ3n) is 2.57. The first-order chi connectivity index (χ1) is 4.92. The van der Waals surface area contributed by atoms with Gasteiger partial charge in [0.25, 0.3) is 0 Å². The van der Waals surface area contributed by atoms with Gasteiger partial charge in [-0.2, -0.15) is 0 Å². The van der Waals surface area contributed by atoms with Crippen molar-refractivity contribution in [2.24, 2.45) is 17.3 Å². The van der Waals surface area contributed by atoms with Gasteiger partial charge in [0, 0.05) is 5.88 Å². The molecule has 0 aliphatic rings. The zero-order chi connectivity index (χ0) is 9.07. The molecule has 68 valence electrons. The maximum atomic E-state index is 5.95. The molecule has 0 bridgehead atoms. The van der Waals surface area contributed by atoms with Gasteiger partial charge in [0.1, 0.15) is 0 Å². The normalized spacial score (nSPS) is 17.5. The van der Waals surface area contributed by atoms with E-state index < -0.39 is 0 Å². The molecule has 0 aliphatic heterocycles. The van der Waals surface area contributed by atoms with E-state index in [0.717, 1.165) is 11.8 Å². The SMILES string of the molecule is CC(C)CC(C)(CCl)C(C)C. The lowest BCUT2D eigenvalue weighted by molar-refractivity contribution is 0.204. The van der Waals surface area contributed by atoms with E-state index >= 15 is 0 Å². The van der Waals surface area contributed by atoms with Gasteiger partial charge in [-0.3, -0.25) is 0 Å². The highest BCUT2D eigenvalue weighted by Crippen LogP contribution is 2.35. The second kappa shape index (κ2) is 4.35. The van der Waals surface area contributed by atoms with Crippen LogP contribution in [0.3, 0.4) is 0 Å². The van der Waals surface area contributed by atoms with Gasteiger partial charge in [0.15, 0.2) is 0 Å². The molecule has 0 heterocycles. The molecule has 0 nitrogen and oxygen atoms in total. The lowest BCUT2D eigenvalue weighted by Gasteiger charge is -2.33. The smallest absolute Gasteiger partial charge is 0.0279 e. The quantitative estimate of drug-likeness (QED) is 0.570. The number of hydrogen-bond donors (Lipinski definition) is 0. The van der Waals surface area contributed by atoms with Crippen LogP contribution in [0.2, 0.25) is 0 Å². The van der Waals surface area contributed by atoms with Gasteiger partial charge < -0.3 is 0 Å². The van der Waals surface area contributed by atoms with E-state index in [4.69, 9.17) is 11.6 Å². The van der Waals surface area contributed by atoms with Crippen LogP contribution in [-0.2, 0) is 0 Å². The predicted octanol–water partition coefficient (Wildman–Crippen LogP) is 3.93. The van der Waals surface area contributed by atoms with Gasteiger partial charge in [0.2, 0.25) is 0 Å². The van der Waals surface area contributed by atoms with Crippen molar-refractivity contribution in [1.82, 2.24) is 0 Å². The van der Waals surface area contributed by atoms with Crippen molar-refractivity contribution >= 4 is 11.6 Å². The lowest BCUT2D eigenvalue weighted by Crippen LogP contribution is -2.27. The molecule has 0 rings (SSSR count). The second-order valence-corrected chi connectivity index (χ2v) is 4.81. The van der Waals surface area contributed by atoms with Crippen molar-refractivity contribution in [3.05, 3.63) is 0 Å². The minimum Gasteiger partial charge on any atom is -0.126 e. The molecule has 0 aromatic carbocycles. The second-order valence-electron chi connectivity index (χ2n) is 4.54. The summed E-state index contributed by atoms with van der Waals surface area (Å²) in [7, 11) is 0. The van der Waals surface area contributed by atoms with Crippen molar-refractivity contribution in [2.45, 2.75) is 41.0 Å². The molecule has 0 spiro atoms. The van der Waals surface area contributed by atoms with Crippen LogP contribution in [0.1, 0.15) is 41.0 Å². The van der Waals surface area contributed by atoms with E-state index in [1.54, 1.807) is 0 Å². The molecule has 1 unspecified atom stereocenters. The molecule has 0 aromatic rings. The van der Waals surface area contributed by atoms with Crippen molar-refractivity contribution in [2.75, 3.05) is 5.88 Å². The van der Waals surface area contributed by atoms with Gasteiger partial charge in [-0.25, -0.2) is 0 Å². The van der Waals surface area contributed by atoms with Gasteiger partial charge in [0.05, 0.1) is 0 Å². The molecule has 0 saturated carbocycles. The van der Waals surface area contributed by atoms with Crippen molar-refractivity contribution < 1.29 is 0 Å². The third kappa shape index (κ3) is 3.46. The highest BCUT2D eigenvalue weighted by Gasteiger charge is 2.27. The topological polar surface area (TPSA) is 0 Å². The van der Waals surface area contributed by atoms with Crippen LogP contribution in [0.25, 0.3) is 0 Å². The van der Waals surface area contributed by atoms with Crippen LogP contribution in [0.15, 0.2) is 0 Å². The standard InChI is InChI=1S/C10H21Cl/c1-8(2)6-10(5,7-11)9(3)4/h8-9H,6-7H2,1-5H3. The molecule has 1 heteroatoms. The maximum Gasteiger partial charge on any atom is 0.0279 e. The third-order valence-corrected chi connectivity index (χ3v) is 3.18. The van der Waals surface area contributed by atoms with E-state index in [2.05, 4.69) is 34.6 Å². The lowest BCUT2D eigenvalue weighted by atomic mass is 9.75. The fraction of sp³-hybridized carbons (Fsp3) is 1.00. The predicted molar refractivity (Wildman–Crippen MR) is 53.1 cm³/mol. The molecule has 0 aliphatic carbocycles. The molecule has 11 heavy (non-hydrogen) atoms. The first-order valence-corrected chi connectivity index (χ1v) is 5.02. The summed E-state index contributed by atoms with van der Waals surface area (Å²) in [5.74, 6) is 2.21. The Morgan fingerprint density at radius 2 is 1.64 bits per heavy atom. The van der Waals surface area contributed by atoms with Crippen LogP contribution in [0.4, 0.5) is 0 Å². The minimum atomic E-state index is 0.329. The Labute approximate surface area is 76.3 Å². The molecule has 0 aromatic heterocycles. The van der Waals surface area contributed by atoms with Crippen molar-refractivity contribution in [1.29, 1.82) is 0 Å². The number of halogens is 1. The summed E-state index contributed by atoms with van der Waals surface area (Å²) in [6.45, 7) is 11.3. The molecular weight excluding hydrogens is 156 g/mol. The molecule has 0 fully saturated rings. The van der Waals surface area contributed by atoms with Crippen LogP contribution >= 0.6 is 11.6 Å². The summed E-state index contributed by atoms with van der Waals surface area (Å²) in [4.78, 5) is 0. The Kier molecular flexibility index (Phi) is 4.46. The molecule has 0 radical (unpaired) electrons. The zero-order valence-corrected chi connectivity index (χ0v) is 9.20. The van der Waals surface area contributed by atoms with E-state index in [0.29, 0.717) is 11.3 Å². The minimum absolute atomic E-state index is 0.329. The summed E-state index contributed by atoms with van der Waals surface area (Å²) in [6.07, 6.45) is 1.23. The number of alkyl halides is 1. The van der Waals surface area contributed by atoms with Gasteiger partial charge in [-0.05, 0) is 23.7 Å². The van der Waals surface area contributed by atoms with Crippen LogP contribution in [-0.4, -0.2) is 5.88 Å². The Balaban J connectivity index is 4.10. The zero-order valence-electron chi connectivity index (χ0n) is 8.45. The number of hydrogen-bond acceptors (Lipinski definition) is 0.